The molecule has 0 bridgehead atoms. The molecule has 3 nitrogen and oxygen atoms in total. The Morgan fingerprint density at radius 2 is 1.87 bits per heavy atom. The highest BCUT2D eigenvalue weighted by atomic mass is 16.6. The van der Waals surface area contributed by atoms with Gasteiger partial charge in [0.1, 0.15) is 0 Å². The van der Waals surface area contributed by atoms with E-state index in [0.717, 1.165) is 32.4 Å². The number of nitrogens with zero attached hydrogens (tertiary/aromatic N) is 1. The lowest BCUT2D eigenvalue weighted by Gasteiger charge is -2.36. The highest BCUT2D eigenvalue weighted by Gasteiger charge is 2.53. The molecule has 206 valence electrons. The van der Waals surface area contributed by atoms with Crippen LogP contribution in [0.1, 0.15) is 101 Å². The molecule has 3 fully saturated rings. The van der Waals surface area contributed by atoms with Crippen LogP contribution in [0.15, 0.2) is 60.2 Å². The largest absolute Gasteiger partial charge is 0.369 e. The predicted molar refractivity (Wildman–Crippen MR) is 157 cm³/mol. The molecule has 3 heteroatoms. The average molecular weight is 516 g/mol. The fourth-order valence-electron chi connectivity index (χ4n) is 7.08. The quantitative estimate of drug-likeness (QED) is 0.196. The molecule has 4 atom stereocenters. The summed E-state index contributed by atoms with van der Waals surface area (Å²) in [4.78, 5) is 15.5. The first-order valence-electron chi connectivity index (χ1n) is 15.6. The Morgan fingerprint density at radius 3 is 2.61 bits per heavy atom. The van der Waals surface area contributed by atoms with E-state index in [0.29, 0.717) is 23.7 Å². The maximum Gasteiger partial charge on any atom is 0.226 e. The van der Waals surface area contributed by atoms with Crippen LogP contribution < -0.4 is 0 Å². The number of benzene rings is 1. The van der Waals surface area contributed by atoms with Gasteiger partial charge in [-0.3, -0.25) is 4.79 Å². The van der Waals surface area contributed by atoms with E-state index in [1.165, 1.54) is 80.9 Å². The van der Waals surface area contributed by atoms with Crippen molar-refractivity contribution in [3.63, 3.8) is 0 Å². The molecule has 1 aromatic rings. The van der Waals surface area contributed by atoms with Gasteiger partial charge in [-0.1, -0.05) is 93.7 Å². The van der Waals surface area contributed by atoms with Crippen LogP contribution >= 0.6 is 0 Å². The second-order valence-corrected chi connectivity index (χ2v) is 12.5. The summed E-state index contributed by atoms with van der Waals surface area (Å²) < 4.78 is 6.20. The Morgan fingerprint density at radius 1 is 1.08 bits per heavy atom. The summed E-state index contributed by atoms with van der Waals surface area (Å²) in [6.07, 6.45) is 26.4. The van der Waals surface area contributed by atoms with E-state index in [2.05, 4.69) is 61.6 Å². The molecule has 1 amide bonds. The first kappa shape index (κ1) is 27.4. The molecule has 5 rings (SSSR count). The van der Waals surface area contributed by atoms with Gasteiger partial charge in [-0.2, -0.15) is 0 Å². The van der Waals surface area contributed by atoms with E-state index in [-0.39, 0.29) is 11.5 Å². The summed E-state index contributed by atoms with van der Waals surface area (Å²) in [6, 6.07) is 9.43. The molecule has 1 heterocycles. The Kier molecular flexibility index (Phi) is 9.25. The average Bonchev–Trinajstić information content (AvgIpc) is 3.85. The zero-order valence-electron chi connectivity index (χ0n) is 23.9. The van der Waals surface area contributed by atoms with E-state index in [4.69, 9.17) is 4.74 Å². The summed E-state index contributed by atoms with van der Waals surface area (Å²) >= 11 is 0. The van der Waals surface area contributed by atoms with Crippen molar-refractivity contribution in [2.75, 3.05) is 20.2 Å². The topological polar surface area (TPSA) is 32.8 Å². The summed E-state index contributed by atoms with van der Waals surface area (Å²) in [5.41, 5.74) is 4.31. The van der Waals surface area contributed by atoms with Crippen molar-refractivity contribution in [2.45, 2.75) is 102 Å². The van der Waals surface area contributed by atoms with Crippen LogP contribution in [0, 0.1) is 17.8 Å². The van der Waals surface area contributed by atoms with Gasteiger partial charge in [0.25, 0.3) is 0 Å². The Bertz CT molecular complexity index is 1010. The molecule has 1 aromatic carbocycles. The smallest absolute Gasteiger partial charge is 0.226 e. The minimum atomic E-state index is 0.121. The third kappa shape index (κ3) is 6.89. The predicted octanol–water partition coefficient (Wildman–Crippen LogP) is 8.17. The van der Waals surface area contributed by atoms with Crippen molar-refractivity contribution in [1.82, 2.24) is 4.90 Å². The number of amides is 1. The van der Waals surface area contributed by atoms with Crippen LogP contribution in [0.4, 0.5) is 0 Å². The van der Waals surface area contributed by atoms with Gasteiger partial charge in [0.2, 0.25) is 5.91 Å². The van der Waals surface area contributed by atoms with Crippen LogP contribution in [0.25, 0.3) is 0 Å². The van der Waals surface area contributed by atoms with E-state index >= 15 is 0 Å². The molecule has 0 radical (unpaired) electrons. The monoisotopic (exact) mass is 515 g/mol. The van der Waals surface area contributed by atoms with Crippen molar-refractivity contribution >= 4 is 5.91 Å². The molecule has 0 N–H and O–H groups in total. The molecule has 0 aromatic heterocycles. The number of epoxide rings is 1. The molecule has 0 spiro atoms. The molecule has 4 aliphatic rings. The van der Waals surface area contributed by atoms with Gasteiger partial charge in [0.15, 0.2) is 0 Å². The van der Waals surface area contributed by atoms with Crippen molar-refractivity contribution in [3.8, 4) is 0 Å². The van der Waals surface area contributed by atoms with Crippen LogP contribution in [0.2, 0.25) is 0 Å². The van der Waals surface area contributed by atoms with Gasteiger partial charge in [-0.15, -0.1) is 0 Å². The normalized spacial score (nSPS) is 27.5. The molecule has 38 heavy (non-hydrogen) atoms. The van der Waals surface area contributed by atoms with E-state index in [1.54, 1.807) is 0 Å². The summed E-state index contributed by atoms with van der Waals surface area (Å²) in [6.45, 7) is 4.05. The number of rotatable bonds is 13. The van der Waals surface area contributed by atoms with Crippen molar-refractivity contribution in [2.24, 2.45) is 17.8 Å². The number of ether oxygens (including phenoxy) is 1. The van der Waals surface area contributed by atoms with Crippen LogP contribution in [0.5, 0.6) is 0 Å². The lowest BCUT2D eigenvalue weighted by atomic mass is 9.68. The number of allylic oxidation sites excluding steroid dienone is 5. The summed E-state index contributed by atoms with van der Waals surface area (Å²) in [7, 11) is 2.00. The van der Waals surface area contributed by atoms with Crippen LogP contribution in [0.3, 0.4) is 0 Å². The third-order valence-corrected chi connectivity index (χ3v) is 9.72. The lowest BCUT2D eigenvalue weighted by molar-refractivity contribution is -0.134. The molecular formula is C35H49NO2. The molecule has 1 saturated heterocycles. The zero-order chi connectivity index (χ0) is 26.4. The fourth-order valence-corrected chi connectivity index (χ4v) is 7.08. The Hall–Kier alpha value is -2.13. The highest BCUT2D eigenvalue weighted by Crippen LogP contribution is 2.52. The Labute approximate surface area is 231 Å². The van der Waals surface area contributed by atoms with Crippen molar-refractivity contribution in [3.05, 3.63) is 71.3 Å². The van der Waals surface area contributed by atoms with Gasteiger partial charge >= 0.3 is 0 Å². The van der Waals surface area contributed by atoms with Crippen molar-refractivity contribution < 1.29 is 9.53 Å². The summed E-state index contributed by atoms with van der Waals surface area (Å²) in [5, 5.41) is 0. The van der Waals surface area contributed by atoms with Crippen LogP contribution in [-0.2, 0) is 16.0 Å². The van der Waals surface area contributed by atoms with E-state index < -0.39 is 0 Å². The van der Waals surface area contributed by atoms with E-state index in [9.17, 15) is 4.79 Å². The number of hydrogen-bond donors (Lipinski definition) is 0. The summed E-state index contributed by atoms with van der Waals surface area (Å²) in [5.74, 6) is 2.30. The second kappa shape index (κ2) is 12.8. The first-order chi connectivity index (χ1) is 18.6. The third-order valence-electron chi connectivity index (χ3n) is 9.72. The molecule has 2 saturated carbocycles. The fraction of sp³-hybridized carbons (Fsp3) is 0.629. The minimum Gasteiger partial charge on any atom is -0.369 e. The molecular weight excluding hydrogens is 466 g/mol. The number of hydrogen-bond acceptors (Lipinski definition) is 2. The number of carbonyl (C=O) groups excluding carboxylic acids is 1. The van der Waals surface area contributed by atoms with Gasteiger partial charge in [0, 0.05) is 19.5 Å². The standard InChI is InChI=1S/C35H49NO2/c1-3-4-11-23-35(26-38-35)33-15-10-9-14-31(33)29-18-16-28(17-19-29)25-32(30-20-21-30)34(37)36(2)24-22-27-12-7-5-6-8-13-27/h5-7,12-13,16-19,30-33H,3-4,8-11,14-15,20-26H2,1-2H3/t31?,32?,33?,35-/m1/s1. The van der Waals surface area contributed by atoms with E-state index in [1.807, 2.05) is 11.9 Å². The highest BCUT2D eigenvalue weighted by molar-refractivity contribution is 5.79. The van der Waals surface area contributed by atoms with Gasteiger partial charge in [0.05, 0.1) is 12.2 Å². The zero-order valence-corrected chi connectivity index (χ0v) is 23.9. The number of carbonyl (C=O) groups is 1. The second-order valence-electron chi connectivity index (χ2n) is 12.5. The minimum absolute atomic E-state index is 0.121. The lowest BCUT2D eigenvalue weighted by Crippen LogP contribution is -2.36. The Balaban J connectivity index is 1.20. The van der Waals surface area contributed by atoms with Gasteiger partial charge in [-0.05, 0) is 85.8 Å². The van der Waals surface area contributed by atoms with Gasteiger partial charge in [-0.25, -0.2) is 0 Å². The molecule has 3 aliphatic carbocycles. The maximum absolute atomic E-state index is 13.5. The molecule has 1 aliphatic heterocycles. The first-order valence-corrected chi connectivity index (χ1v) is 15.6. The SMILES string of the molecule is CCCCC[C@]1(C2CCCCC2c2ccc(CC(C(=O)N(C)CCC3=CCC=CC=C3)C3CC3)cc2)CO1. The van der Waals surface area contributed by atoms with Crippen molar-refractivity contribution in [1.29, 1.82) is 0 Å². The van der Waals surface area contributed by atoms with Gasteiger partial charge < -0.3 is 9.64 Å². The van der Waals surface area contributed by atoms with Crippen LogP contribution in [-0.4, -0.2) is 36.6 Å². The maximum atomic E-state index is 13.5. The molecule has 3 unspecified atom stereocenters. The number of unbranched alkanes of at least 4 members (excludes halogenated alkanes) is 2.